The van der Waals surface area contributed by atoms with Gasteiger partial charge in [-0.2, -0.15) is 0 Å². The summed E-state index contributed by atoms with van der Waals surface area (Å²) < 4.78 is 0. The minimum absolute atomic E-state index is 0.114. The second kappa shape index (κ2) is 5.05. The van der Waals surface area contributed by atoms with E-state index in [1.54, 1.807) is 24.5 Å². The van der Waals surface area contributed by atoms with E-state index in [1.165, 1.54) is 4.90 Å². The fraction of sp³-hybridized carbons (Fsp3) is 0.600. The van der Waals surface area contributed by atoms with Gasteiger partial charge in [0, 0.05) is 12.7 Å². The third kappa shape index (κ3) is 2.50. The number of carbonyl (C=O) groups is 1. The molecular formula is C15H20N2O3. The number of amides is 1. The molecule has 0 aliphatic heterocycles. The number of anilines is 1. The van der Waals surface area contributed by atoms with Crippen LogP contribution in [0, 0.1) is 11.3 Å². The lowest BCUT2D eigenvalue weighted by atomic mass is 9.79. The Morgan fingerprint density at radius 2 is 2.15 bits per heavy atom. The van der Waals surface area contributed by atoms with E-state index in [-0.39, 0.29) is 11.5 Å². The predicted octanol–water partition coefficient (Wildman–Crippen LogP) is 2.51. The molecule has 20 heavy (non-hydrogen) atoms. The van der Waals surface area contributed by atoms with Gasteiger partial charge in [-0.15, -0.1) is 0 Å². The van der Waals surface area contributed by atoms with Crippen molar-refractivity contribution in [2.45, 2.75) is 38.2 Å². The molecule has 0 saturated heterocycles. The maximum atomic E-state index is 11.4. The van der Waals surface area contributed by atoms with Crippen molar-refractivity contribution in [3.05, 3.63) is 24.5 Å². The Bertz CT molecular complexity index is 483. The monoisotopic (exact) mass is 276 g/mol. The largest absolute Gasteiger partial charge is 0.465 e. The summed E-state index contributed by atoms with van der Waals surface area (Å²) in [7, 11) is 0. The van der Waals surface area contributed by atoms with E-state index in [0.717, 1.165) is 32.1 Å². The lowest BCUT2D eigenvalue weighted by Gasteiger charge is -2.31. The number of aliphatic hydroxyl groups excluding tert-OH is 1. The number of hydrogen-bond acceptors (Lipinski definition) is 3. The first-order valence-electron chi connectivity index (χ1n) is 7.19. The van der Waals surface area contributed by atoms with Crippen molar-refractivity contribution in [2.24, 2.45) is 11.3 Å². The molecule has 1 atom stereocenters. The minimum atomic E-state index is -0.926. The van der Waals surface area contributed by atoms with Crippen molar-refractivity contribution >= 4 is 11.8 Å². The van der Waals surface area contributed by atoms with Gasteiger partial charge in [0.15, 0.2) is 0 Å². The van der Waals surface area contributed by atoms with Gasteiger partial charge in [-0.1, -0.05) is 0 Å². The number of nitrogens with zero attached hydrogens (tertiary/aromatic N) is 2. The number of aromatic nitrogens is 1. The average molecular weight is 276 g/mol. The maximum absolute atomic E-state index is 11.4. The predicted molar refractivity (Wildman–Crippen MR) is 74.6 cm³/mol. The highest BCUT2D eigenvalue weighted by Crippen LogP contribution is 2.57. The van der Waals surface area contributed by atoms with Crippen LogP contribution in [0.1, 0.15) is 32.1 Å². The Kier molecular flexibility index (Phi) is 3.38. The zero-order valence-electron chi connectivity index (χ0n) is 11.4. The van der Waals surface area contributed by atoms with Crippen LogP contribution in [-0.2, 0) is 0 Å². The molecule has 1 unspecified atom stereocenters. The van der Waals surface area contributed by atoms with Crippen molar-refractivity contribution in [3.63, 3.8) is 0 Å². The number of pyridine rings is 1. The van der Waals surface area contributed by atoms with Crippen molar-refractivity contribution < 1.29 is 15.0 Å². The van der Waals surface area contributed by atoms with E-state index in [2.05, 4.69) is 4.98 Å². The maximum Gasteiger partial charge on any atom is 0.411 e. The van der Waals surface area contributed by atoms with Gasteiger partial charge in [0.05, 0.1) is 18.0 Å². The zero-order valence-corrected chi connectivity index (χ0v) is 11.4. The van der Waals surface area contributed by atoms with Gasteiger partial charge in [-0.3, -0.25) is 9.88 Å². The highest BCUT2D eigenvalue weighted by molar-refractivity contribution is 5.85. The first-order chi connectivity index (χ1) is 9.61. The molecule has 1 aromatic heterocycles. The Morgan fingerprint density at radius 1 is 1.45 bits per heavy atom. The lowest BCUT2D eigenvalue weighted by Crippen LogP contribution is -2.36. The van der Waals surface area contributed by atoms with Gasteiger partial charge in [-0.05, 0) is 55.6 Å². The second-order valence-corrected chi connectivity index (χ2v) is 6.13. The summed E-state index contributed by atoms with van der Waals surface area (Å²) in [5.41, 5.74) is 0.811. The second-order valence-electron chi connectivity index (χ2n) is 6.13. The molecule has 2 fully saturated rings. The summed E-state index contributed by atoms with van der Waals surface area (Å²) in [6.07, 6.45) is 7.18. The first kappa shape index (κ1) is 13.4. The highest BCUT2D eigenvalue weighted by Gasteiger charge is 2.54. The summed E-state index contributed by atoms with van der Waals surface area (Å²) in [6, 6.07) is 3.53. The number of carboxylic acid groups (broad SMARTS) is 1. The van der Waals surface area contributed by atoms with Gasteiger partial charge in [0.1, 0.15) is 0 Å². The van der Waals surface area contributed by atoms with Crippen LogP contribution in [0.5, 0.6) is 0 Å². The van der Waals surface area contributed by atoms with Crippen molar-refractivity contribution in [1.82, 2.24) is 4.98 Å². The van der Waals surface area contributed by atoms with Crippen LogP contribution in [0.2, 0.25) is 0 Å². The summed E-state index contributed by atoms with van der Waals surface area (Å²) in [4.78, 5) is 16.8. The number of hydrogen-bond donors (Lipinski definition) is 2. The van der Waals surface area contributed by atoms with Crippen molar-refractivity contribution in [3.8, 4) is 0 Å². The fourth-order valence-corrected chi connectivity index (χ4v) is 3.36. The summed E-state index contributed by atoms with van der Waals surface area (Å²) in [5, 5.41) is 19.0. The number of rotatable bonds is 3. The molecule has 1 amide bonds. The van der Waals surface area contributed by atoms with Crippen LogP contribution in [0.15, 0.2) is 24.5 Å². The van der Waals surface area contributed by atoms with E-state index in [1.807, 2.05) is 0 Å². The van der Waals surface area contributed by atoms with Crippen LogP contribution in [0.4, 0.5) is 10.5 Å². The molecule has 0 radical (unpaired) electrons. The number of aliphatic hydroxyl groups is 1. The molecule has 3 rings (SSSR count). The molecule has 1 aromatic rings. The van der Waals surface area contributed by atoms with E-state index in [4.69, 9.17) is 0 Å². The van der Waals surface area contributed by atoms with E-state index >= 15 is 0 Å². The topological polar surface area (TPSA) is 73.7 Å². The van der Waals surface area contributed by atoms with Gasteiger partial charge >= 0.3 is 6.09 Å². The fourth-order valence-electron chi connectivity index (χ4n) is 3.36. The molecule has 2 aliphatic rings. The van der Waals surface area contributed by atoms with Crippen molar-refractivity contribution in [2.75, 3.05) is 11.4 Å². The smallest absolute Gasteiger partial charge is 0.411 e. The molecule has 5 nitrogen and oxygen atoms in total. The average Bonchev–Trinajstić information content (AvgIpc) is 3.08. The third-order valence-corrected chi connectivity index (χ3v) is 4.88. The molecule has 2 saturated carbocycles. The highest BCUT2D eigenvalue weighted by atomic mass is 16.4. The SMILES string of the molecule is O=C(O)N(CC1CCC2(CC1)CC2O)c1cccnc1. The lowest BCUT2D eigenvalue weighted by molar-refractivity contribution is 0.162. The zero-order chi connectivity index (χ0) is 14.2. The van der Waals surface area contributed by atoms with E-state index < -0.39 is 6.09 Å². The Balaban J connectivity index is 1.62. The minimum Gasteiger partial charge on any atom is -0.465 e. The van der Waals surface area contributed by atoms with Crippen LogP contribution >= 0.6 is 0 Å². The van der Waals surface area contributed by atoms with Gasteiger partial charge in [0.2, 0.25) is 0 Å². The Labute approximate surface area is 118 Å². The van der Waals surface area contributed by atoms with Crippen LogP contribution in [0.25, 0.3) is 0 Å². The summed E-state index contributed by atoms with van der Waals surface area (Å²) in [5.74, 6) is 0.379. The standard InChI is InChI=1S/C15H20N2O3/c18-13-8-15(13)5-3-11(4-6-15)10-17(14(19)20)12-2-1-7-16-9-12/h1-2,7,9,11,13,18H,3-6,8,10H2,(H,19,20). The van der Waals surface area contributed by atoms with Gasteiger partial charge in [0.25, 0.3) is 0 Å². The quantitative estimate of drug-likeness (QED) is 0.889. The van der Waals surface area contributed by atoms with Gasteiger partial charge < -0.3 is 10.2 Å². The van der Waals surface area contributed by atoms with Gasteiger partial charge in [-0.25, -0.2) is 4.79 Å². The molecule has 2 aliphatic carbocycles. The molecule has 108 valence electrons. The van der Waals surface area contributed by atoms with E-state index in [9.17, 15) is 15.0 Å². The third-order valence-electron chi connectivity index (χ3n) is 4.88. The molecule has 0 bridgehead atoms. The molecule has 1 spiro atoms. The first-order valence-corrected chi connectivity index (χ1v) is 7.19. The Morgan fingerprint density at radius 3 is 2.65 bits per heavy atom. The van der Waals surface area contributed by atoms with E-state index in [0.29, 0.717) is 18.2 Å². The van der Waals surface area contributed by atoms with Crippen LogP contribution < -0.4 is 4.90 Å². The van der Waals surface area contributed by atoms with Crippen molar-refractivity contribution in [1.29, 1.82) is 0 Å². The molecule has 0 aromatic carbocycles. The van der Waals surface area contributed by atoms with Crippen LogP contribution in [-0.4, -0.2) is 33.9 Å². The van der Waals surface area contributed by atoms with Crippen LogP contribution in [0.3, 0.4) is 0 Å². The molecular weight excluding hydrogens is 256 g/mol. The molecule has 1 heterocycles. The Hall–Kier alpha value is -1.62. The summed E-state index contributed by atoms with van der Waals surface area (Å²) in [6.45, 7) is 0.521. The summed E-state index contributed by atoms with van der Waals surface area (Å²) >= 11 is 0. The molecule has 2 N–H and O–H groups in total. The molecule has 5 heteroatoms. The normalized spacial score (nSPS) is 32.0.